The fourth-order valence-corrected chi connectivity index (χ4v) is 2.80. The Morgan fingerprint density at radius 1 is 1.24 bits per heavy atom. The van der Waals surface area contributed by atoms with Gasteiger partial charge in [0.15, 0.2) is 6.10 Å². The molecule has 1 aliphatic rings. The summed E-state index contributed by atoms with van der Waals surface area (Å²) in [7, 11) is 0. The van der Waals surface area contributed by atoms with E-state index in [9.17, 15) is 4.79 Å². The largest absolute Gasteiger partial charge is 0.480 e. The lowest BCUT2D eigenvalue weighted by Crippen LogP contribution is -2.40. The number of carbonyl (C=O) groups is 1. The highest BCUT2D eigenvalue weighted by atomic mass is 16.5. The highest BCUT2D eigenvalue weighted by Crippen LogP contribution is 2.27. The number of pyridine rings is 1. The van der Waals surface area contributed by atoms with Crippen LogP contribution in [0.2, 0.25) is 0 Å². The molecule has 1 atom stereocenters. The first kappa shape index (κ1) is 15.3. The number of benzene rings is 1. The van der Waals surface area contributed by atoms with E-state index >= 15 is 0 Å². The van der Waals surface area contributed by atoms with Crippen LogP contribution >= 0.6 is 0 Å². The zero-order chi connectivity index (χ0) is 17.1. The van der Waals surface area contributed by atoms with Gasteiger partial charge in [-0.3, -0.25) is 9.78 Å². The van der Waals surface area contributed by atoms with Gasteiger partial charge in [0.1, 0.15) is 11.4 Å². The number of nitrogens with one attached hydrogen (secondary N) is 1. The summed E-state index contributed by atoms with van der Waals surface area (Å²) in [6.45, 7) is 0.311. The average Bonchev–Trinajstić information content (AvgIpc) is 3.15. The molecule has 25 heavy (non-hydrogen) atoms. The maximum Gasteiger partial charge on any atom is 0.261 e. The van der Waals surface area contributed by atoms with Crippen molar-refractivity contribution in [3.63, 3.8) is 0 Å². The zero-order valence-electron chi connectivity index (χ0n) is 13.5. The van der Waals surface area contributed by atoms with Gasteiger partial charge in [-0.2, -0.15) is 0 Å². The molecule has 7 heteroatoms. The molecule has 4 rings (SSSR count). The molecule has 0 spiro atoms. The Morgan fingerprint density at radius 2 is 2.08 bits per heavy atom. The molecule has 7 nitrogen and oxygen atoms in total. The molecule has 0 fully saturated rings. The van der Waals surface area contributed by atoms with Crippen LogP contribution in [0.4, 0.5) is 0 Å². The minimum Gasteiger partial charge on any atom is -0.480 e. The zero-order valence-corrected chi connectivity index (χ0v) is 13.5. The van der Waals surface area contributed by atoms with E-state index in [1.807, 2.05) is 36.4 Å². The van der Waals surface area contributed by atoms with Gasteiger partial charge in [0, 0.05) is 12.4 Å². The summed E-state index contributed by atoms with van der Waals surface area (Å²) in [5.74, 6) is 0.658. The van der Waals surface area contributed by atoms with Gasteiger partial charge < -0.3 is 10.1 Å². The van der Waals surface area contributed by atoms with E-state index in [-0.39, 0.29) is 5.91 Å². The van der Waals surface area contributed by atoms with Crippen molar-refractivity contribution in [2.45, 2.75) is 25.5 Å². The highest BCUT2D eigenvalue weighted by molar-refractivity contribution is 5.81. The van der Waals surface area contributed by atoms with E-state index in [0.29, 0.717) is 18.7 Å². The molecule has 1 unspecified atom stereocenters. The van der Waals surface area contributed by atoms with Gasteiger partial charge in [0.2, 0.25) is 0 Å². The molecule has 3 aromatic rings. The van der Waals surface area contributed by atoms with Gasteiger partial charge in [-0.15, -0.1) is 5.10 Å². The van der Waals surface area contributed by atoms with Crippen LogP contribution in [0.25, 0.3) is 5.69 Å². The van der Waals surface area contributed by atoms with Crippen molar-refractivity contribution >= 4 is 5.91 Å². The first-order chi connectivity index (χ1) is 12.3. The minimum absolute atomic E-state index is 0.132. The fraction of sp³-hybridized carbons (Fsp3) is 0.222. The number of nitrogens with zero attached hydrogens (tertiary/aromatic N) is 4. The smallest absolute Gasteiger partial charge is 0.261 e. The molecule has 0 aliphatic carbocycles. The lowest BCUT2D eigenvalue weighted by molar-refractivity contribution is -0.128. The second kappa shape index (κ2) is 6.72. The van der Waals surface area contributed by atoms with Crippen LogP contribution in [-0.4, -0.2) is 32.0 Å². The van der Waals surface area contributed by atoms with Gasteiger partial charge in [-0.1, -0.05) is 23.4 Å². The fourth-order valence-electron chi connectivity index (χ4n) is 2.80. The van der Waals surface area contributed by atoms with Gasteiger partial charge in [-0.25, -0.2) is 4.68 Å². The van der Waals surface area contributed by atoms with Crippen LogP contribution in [-0.2, 0) is 17.8 Å². The Kier molecular flexibility index (Phi) is 4.12. The van der Waals surface area contributed by atoms with E-state index in [2.05, 4.69) is 20.6 Å². The third-order valence-electron chi connectivity index (χ3n) is 4.12. The van der Waals surface area contributed by atoms with Crippen molar-refractivity contribution in [1.82, 2.24) is 25.3 Å². The molecular weight excluding hydrogens is 318 g/mol. The predicted molar refractivity (Wildman–Crippen MR) is 90.2 cm³/mol. The topological polar surface area (TPSA) is 81.9 Å². The SMILES string of the molecule is O=C(NCc1cn(-c2ccncc2)nn1)C1CCc2ccccc2O1. The van der Waals surface area contributed by atoms with Gasteiger partial charge in [-0.05, 0) is 36.6 Å². The minimum atomic E-state index is -0.467. The van der Waals surface area contributed by atoms with Crippen molar-refractivity contribution in [3.05, 3.63) is 66.2 Å². The van der Waals surface area contributed by atoms with Crippen molar-refractivity contribution < 1.29 is 9.53 Å². The maximum absolute atomic E-state index is 12.4. The lowest BCUT2D eigenvalue weighted by atomic mass is 10.0. The molecule has 126 valence electrons. The van der Waals surface area contributed by atoms with Crippen LogP contribution in [0.3, 0.4) is 0 Å². The predicted octanol–water partition coefficient (Wildman–Crippen LogP) is 1.67. The Morgan fingerprint density at radius 3 is 2.96 bits per heavy atom. The third-order valence-corrected chi connectivity index (χ3v) is 4.12. The molecule has 0 bridgehead atoms. The standard InChI is InChI=1S/C18H17N5O2/c24-18(17-6-5-13-3-1-2-4-16(13)25-17)20-11-14-12-23(22-21-14)15-7-9-19-10-8-15/h1-4,7-10,12,17H,5-6,11H2,(H,20,24). The van der Waals surface area contributed by atoms with Gasteiger partial charge in [0.25, 0.3) is 5.91 Å². The van der Waals surface area contributed by atoms with Crippen molar-refractivity contribution in [2.75, 3.05) is 0 Å². The molecule has 0 saturated heterocycles. The Balaban J connectivity index is 1.36. The molecule has 0 radical (unpaired) electrons. The molecule has 1 aliphatic heterocycles. The molecule has 0 saturated carbocycles. The summed E-state index contributed by atoms with van der Waals surface area (Å²) < 4.78 is 7.45. The molecule has 1 amide bonds. The number of carbonyl (C=O) groups excluding carboxylic acids is 1. The Labute approximate surface area is 144 Å². The molecule has 1 N–H and O–H groups in total. The Bertz CT molecular complexity index is 878. The summed E-state index contributed by atoms with van der Waals surface area (Å²) in [6.07, 6.45) is 6.21. The summed E-state index contributed by atoms with van der Waals surface area (Å²) in [6, 6.07) is 11.5. The number of hydrogen-bond acceptors (Lipinski definition) is 5. The number of para-hydroxylation sites is 1. The quantitative estimate of drug-likeness (QED) is 0.784. The van der Waals surface area contributed by atoms with Crippen molar-refractivity contribution in [2.24, 2.45) is 0 Å². The highest BCUT2D eigenvalue weighted by Gasteiger charge is 2.25. The number of rotatable bonds is 4. The molecule has 1 aromatic carbocycles. The second-order valence-corrected chi connectivity index (χ2v) is 5.83. The number of ether oxygens (including phenoxy) is 1. The van der Waals surface area contributed by atoms with E-state index in [4.69, 9.17) is 4.74 Å². The molecule has 2 aromatic heterocycles. The normalized spacial score (nSPS) is 15.9. The third kappa shape index (κ3) is 3.35. The number of hydrogen-bond donors (Lipinski definition) is 1. The van der Waals surface area contributed by atoms with Crippen LogP contribution in [0.15, 0.2) is 55.0 Å². The monoisotopic (exact) mass is 335 g/mol. The molecule has 3 heterocycles. The number of aryl methyl sites for hydroxylation is 1. The van der Waals surface area contributed by atoms with Gasteiger partial charge in [0.05, 0.1) is 18.4 Å². The van der Waals surface area contributed by atoms with E-state index in [1.54, 1.807) is 23.3 Å². The number of fused-ring (bicyclic) bond motifs is 1. The lowest BCUT2D eigenvalue weighted by Gasteiger charge is -2.25. The number of aromatic nitrogens is 4. The average molecular weight is 335 g/mol. The van der Waals surface area contributed by atoms with E-state index in [0.717, 1.165) is 23.4 Å². The summed E-state index contributed by atoms with van der Waals surface area (Å²) in [5.41, 5.74) is 2.69. The van der Waals surface area contributed by atoms with E-state index in [1.165, 1.54) is 0 Å². The van der Waals surface area contributed by atoms with Crippen LogP contribution in [0.1, 0.15) is 17.7 Å². The summed E-state index contributed by atoms with van der Waals surface area (Å²) >= 11 is 0. The van der Waals surface area contributed by atoms with Crippen molar-refractivity contribution in [1.29, 1.82) is 0 Å². The Hall–Kier alpha value is -3.22. The first-order valence-electron chi connectivity index (χ1n) is 8.13. The summed E-state index contributed by atoms with van der Waals surface area (Å²) in [5, 5.41) is 11.0. The van der Waals surface area contributed by atoms with Crippen LogP contribution in [0.5, 0.6) is 5.75 Å². The molecular formula is C18H17N5O2. The number of amides is 1. The van der Waals surface area contributed by atoms with Crippen LogP contribution in [0, 0.1) is 0 Å². The van der Waals surface area contributed by atoms with Crippen LogP contribution < -0.4 is 10.1 Å². The summed E-state index contributed by atoms with van der Waals surface area (Å²) in [4.78, 5) is 16.3. The van der Waals surface area contributed by atoms with Crippen molar-refractivity contribution in [3.8, 4) is 11.4 Å². The van der Waals surface area contributed by atoms with E-state index < -0.39 is 6.10 Å². The second-order valence-electron chi connectivity index (χ2n) is 5.83. The first-order valence-corrected chi connectivity index (χ1v) is 8.13. The van der Waals surface area contributed by atoms with Gasteiger partial charge >= 0.3 is 0 Å². The maximum atomic E-state index is 12.4.